The summed E-state index contributed by atoms with van der Waals surface area (Å²) in [6.45, 7) is 4.06. The lowest BCUT2D eigenvalue weighted by molar-refractivity contribution is -0.0328. The second-order valence-electron chi connectivity index (χ2n) is 5.42. The minimum Gasteiger partial charge on any atom is -0.352 e. The van der Waals surface area contributed by atoms with Gasteiger partial charge in [-0.2, -0.15) is 13.2 Å². The van der Waals surface area contributed by atoms with Gasteiger partial charge in [-0.15, -0.1) is 0 Å². The fourth-order valence-corrected chi connectivity index (χ4v) is 2.70. The van der Waals surface area contributed by atoms with Crippen LogP contribution in [0.25, 0.3) is 0 Å². The van der Waals surface area contributed by atoms with E-state index < -0.39 is 11.4 Å². The van der Waals surface area contributed by atoms with Gasteiger partial charge in [-0.3, -0.25) is 9.59 Å². The minimum atomic E-state index is -4.37. The van der Waals surface area contributed by atoms with Crippen molar-refractivity contribution in [1.29, 1.82) is 0 Å². The Labute approximate surface area is 153 Å². The van der Waals surface area contributed by atoms with Crippen molar-refractivity contribution >= 4 is 29.3 Å². The number of halogens is 3. The zero-order valence-corrected chi connectivity index (χ0v) is 14.9. The Morgan fingerprint density at radius 1 is 1.00 bits per heavy atom. The summed E-state index contributed by atoms with van der Waals surface area (Å²) in [6.07, 6.45) is 0. The first-order valence-corrected chi connectivity index (χ1v) is 8.57. The van der Waals surface area contributed by atoms with Crippen LogP contribution in [0.3, 0.4) is 0 Å². The number of benzene rings is 2. The number of thioether (sulfide) groups is 1. The summed E-state index contributed by atoms with van der Waals surface area (Å²) in [7, 11) is 0. The van der Waals surface area contributed by atoms with Gasteiger partial charge in [0.1, 0.15) is 0 Å². The molecule has 0 radical (unpaired) electrons. The van der Waals surface area contributed by atoms with E-state index in [0.29, 0.717) is 17.8 Å². The first kappa shape index (κ1) is 19.8. The molecule has 2 amide bonds. The largest absolute Gasteiger partial charge is 0.446 e. The summed E-state index contributed by atoms with van der Waals surface area (Å²) in [4.78, 5) is 24.2. The summed E-state index contributed by atoms with van der Waals surface area (Å²) < 4.78 is 37.0. The van der Waals surface area contributed by atoms with Crippen LogP contribution in [0.1, 0.15) is 33.2 Å². The van der Waals surface area contributed by atoms with E-state index in [1.54, 1.807) is 32.0 Å². The predicted octanol–water partition coefficient (Wildman–Crippen LogP) is 4.61. The zero-order valence-electron chi connectivity index (χ0n) is 14.1. The second-order valence-corrected chi connectivity index (χ2v) is 6.55. The summed E-state index contributed by atoms with van der Waals surface area (Å²) in [6, 6.07) is 10.1. The molecule has 0 saturated heterocycles. The molecule has 0 aromatic heterocycles. The number of carbonyl (C=O) groups excluding carboxylic acids is 2. The third-order valence-corrected chi connectivity index (χ3v) is 4.17. The Kier molecular flexibility index (Phi) is 6.31. The number of carbonyl (C=O) groups is 2. The van der Waals surface area contributed by atoms with Crippen molar-refractivity contribution in [1.82, 2.24) is 5.32 Å². The van der Waals surface area contributed by atoms with Crippen LogP contribution in [0.4, 0.5) is 18.9 Å². The lowest BCUT2D eigenvalue weighted by Gasteiger charge is -2.11. The number of anilines is 1. The third kappa shape index (κ3) is 5.52. The van der Waals surface area contributed by atoms with Gasteiger partial charge in [0, 0.05) is 28.3 Å². The van der Waals surface area contributed by atoms with E-state index in [1.807, 2.05) is 0 Å². The van der Waals surface area contributed by atoms with E-state index in [4.69, 9.17) is 0 Å². The highest BCUT2D eigenvalue weighted by molar-refractivity contribution is 8.00. The molecule has 0 atom stereocenters. The fraction of sp³-hybridized carbons (Fsp3) is 0.222. The second kappa shape index (κ2) is 8.27. The van der Waals surface area contributed by atoms with Crippen LogP contribution in [-0.2, 0) is 0 Å². The molecule has 2 aromatic rings. The third-order valence-electron chi connectivity index (χ3n) is 3.44. The van der Waals surface area contributed by atoms with Crippen LogP contribution in [-0.4, -0.2) is 23.9 Å². The van der Waals surface area contributed by atoms with Crippen molar-refractivity contribution in [3.05, 3.63) is 59.2 Å². The number of rotatable bonds is 5. The summed E-state index contributed by atoms with van der Waals surface area (Å²) in [5.41, 5.74) is -2.52. The maximum atomic E-state index is 12.3. The fourth-order valence-electron chi connectivity index (χ4n) is 2.16. The Balaban J connectivity index is 2.14. The maximum absolute atomic E-state index is 12.3. The number of hydrogen-bond donors (Lipinski definition) is 2. The van der Waals surface area contributed by atoms with Crippen LogP contribution in [0.2, 0.25) is 0 Å². The normalized spacial score (nSPS) is 11.1. The SMILES string of the molecule is CCNC(=O)c1ccc(C)c(NC(=O)c2ccc(SC(F)(F)F)cc2)c1. The predicted molar refractivity (Wildman–Crippen MR) is 95.5 cm³/mol. The van der Waals surface area contributed by atoms with E-state index in [9.17, 15) is 22.8 Å². The molecule has 0 aliphatic rings. The molecular formula is C18H17F3N2O2S. The number of aryl methyl sites for hydroxylation is 1. The van der Waals surface area contributed by atoms with Crippen molar-refractivity contribution in [2.75, 3.05) is 11.9 Å². The van der Waals surface area contributed by atoms with Gasteiger partial charge >= 0.3 is 5.51 Å². The molecular weight excluding hydrogens is 365 g/mol. The zero-order chi connectivity index (χ0) is 19.3. The molecule has 0 heterocycles. The van der Waals surface area contributed by atoms with Crippen molar-refractivity contribution < 1.29 is 22.8 Å². The standard InChI is InChI=1S/C18H17F3N2O2S/c1-3-22-16(24)13-5-4-11(2)15(10-13)23-17(25)12-6-8-14(9-7-12)26-18(19,20)21/h4-10H,3H2,1-2H3,(H,22,24)(H,23,25). The molecule has 8 heteroatoms. The molecule has 0 saturated carbocycles. The molecule has 0 spiro atoms. The molecule has 4 nitrogen and oxygen atoms in total. The summed E-state index contributed by atoms with van der Waals surface area (Å²) in [5, 5.41) is 5.36. The van der Waals surface area contributed by atoms with Crippen molar-refractivity contribution in [2.24, 2.45) is 0 Å². The average molecular weight is 382 g/mol. The van der Waals surface area contributed by atoms with Gasteiger partial charge in [0.15, 0.2) is 0 Å². The Hall–Kier alpha value is -2.48. The van der Waals surface area contributed by atoms with Gasteiger partial charge in [-0.1, -0.05) is 6.07 Å². The van der Waals surface area contributed by atoms with E-state index >= 15 is 0 Å². The number of nitrogens with one attached hydrogen (secondary N) is 2. The number of amides is 2. The average Bonchev–Trinajstić information content (AvgIpc) is 2.56. The maximum Gasteiger partial charge on any atom is 0.446 e. The highest BCUT2D eigenvalue weighted by atomic mass is 32.2. The van der Waals surface area contributed by atoms with E-state index in [2.05, 4.69) is 10.6 Å². The minimum absolute atomic E-state index is 0.00321. The molecule has 0 bridgehead atoms. The monoisotopic (exact) mass is 382 g/mol. The summed E-state index contributed by atoms with van der Waals surface area (Å²) in [5.74, 6) is -0.721. The molecule has 138 valence electrons. The Bertz CT molecular complexity index is 805. The van der Waals surface area contributed by atoms with Gasteiger partial charge in [0.25, 0.3) is 11.8 Å². The Morgan fingerprint density at radius 2 is 1.62 bits per heavy atom. The van der Waals surface area contributed by atoms with Gasteiger partial charge in [0.05, 0.1) is 0 Å². The van der Waals surface area contributed by atoms with E-state index in [-0.39, 0.29) is 28.1 Å². The lowest BCUT2D eigenvalue weighted by atomic mass is 10.1. The smallest absolute Gasteiger partial charge is 0.352 e. The van der Waals surface area contributed by atoms with Crippen LogP contribution in [0.5, 0.6) is 0 Å². The van der Waals surface area contributed by atoms with Crippen molar-refractivity contribution in [3.8, 4) is 0 Å². The molecule has 0 aliphatic heterocycles. The Morgan fingerprint density at radius 3 is 2.19 bits per heavy atom. The van der Waals surface area contributed by atoms with Crippen molar-refractivity contribution in [2.45, 2.75) is 24.3 Å². The first-order chi connectivity index (χ1) is 12.2. The highest BCUT2D eigenvalue weighted by Crippen LogP contribution is 2.36. The molecule has 2 rings (SSSR count). The topological polar surface area (TPSA) is 58.2 Å². The molecule has 26 heavy (non-hydrogen) atoms. The van der Waals surface area contributed by atoms with Crippen LogP contribution in [0.15, 0.2) is 47.4 Å². The lowest BCUT2D eigenvalue weighted by Crippen LogP contribution is -2.23. The van der Waals surface area contributed by atoms with E-state index in [1.165, 1.54) is 24.3 Å². The van der Waals surface area contributed by atoms with E-state index in [0.717, 1.165) is 5.56 Å². The van der Waals surface area contributed by atoms with Crippen molar-refractivity contribution in [3.63, 3.8) is 0 Å². The summed E-state index contributed by atoms with van der Waals surface area (Å²) >= 11 is -0.239. The van der Waals surface area contributed by atoms with Gasteiger partial charge in [-0.25, -0.2) is 0 Å². The molecule has 2 N–H and O–H groups in total. The quantitative estimate of drug-likeness (QED) is 0.743. The van der Waals surface area contributed by atoms with Crippen LogP contribution in [0, 0.1) is 6.92 Å². The van der Waals surface area contributed by atoms with Gasteiger partial charge in [-0.05, 0) is 67.6 Å². The molecule has 2 aromatic carbocycles. The molecule has 0 aliphatic carbocycles. The molecule has 0 unspecified atom stereocenters. The first-order valence-electron chi connectivity index (χ1n) is 7.75. The van der Waals surface area contributed by atoms with Gasteiger partial charge in [0.2, 0.25) is 0 Å². The number of alkyl halides is 3. The van der Waals surface area contributed by atoms with Gasteiger partial charge < -0.3 is 10.6 Å². The number of hydrogen-bond acceptors (Lipinski definition) is 3. The highest BCUT2D eigenvalue weighted by Gasteiger charge is 2.29. The van der Waals surface area contributed by atoms with Crippen LogP contribution < -0.4 is 10.6 Å². The van der Waals surface area contributed by atoms with Crippen LogP contribution >= 0.6 is 11.8 Å². The molecule has 0 fully saturated rings.